The minimum atomic E-state index is -0.826. The zero-order valence-corrected chi connectivity index (χ0v) is 27.5. The number of rotatable bonds is 17. The van der Waals surface area contributed by atoms with Crippen molar-refractivity contribution < 1.29 is 23.7 Å². The second-order valence-electron chi connectivity index (χ2n) is 12.6. The maximum absolute atomic E-state index is 13.7. The molecule has 44 heavy (non-hydrogen) atoms. The number of hydrogen-bond donors (Lipinski definition) is 5. The van der Waals surface area contributed by atoms with E-state index in [2.05, 4.69) is 26.6 Å². The van der Waals surface area contributed by atoms with Gasteiger partial charge in [0.25, 0.3) is 5.91 Å². The molecule has 2 aromatic rings. The van der Waals surface area contributed by atoms with Gasteiger partial charge in [0.05, 0.1) is 11.6 Å². The standard InChI is InChI=1S/C34H52N6O4/c1-8-14-28(38-33(44)29(22-34(4,5)6)39-30(41)25-17-19-40(7)20-18-25)32(43)37-26(21-24-15-12-11-13-16-24)23-36-27(9-2)31(42)35-10-3/h11-13,15-20,26-29,36H,8-10,14,21-23H2,1-7H3,(H3-,35,37,38,39,41,42,43,44)/p+1/t26-,27-,28-,29-/m0/s1. The SMILES string of the molecule is CCC[C@H](NC(=O)[C@H](CC(C)(C)C)NC(=O)c1cc[n+](C)cc1)C(=O)N[C@H](CN[C@@H](CC)C(=O)NCC)Cc1ccccc1. The summed E-state index contributed by atoms with van der Waals surface area (Å²) in [5.74, 6) is -1.13. The summed E-state index contributed by atoms with van der Waals surface area (Å²) < 4.78 is 1.83. The molecule has 4 atom stereocenters. The van der Waals surface area contributed by atoms with Gasteiger partial charge in [-0.05, 0) is 43.6 Å². The van der Waals surface area contributed by atoms with E-state index < -0.39 is 18.0 Å². The maximum atomic E-state index is 13.7. The number of amides is 4. The zero-order valence-electron chi connectivity index (χ0n) is 27.5. The number of aromatic nitrogens is 1. The Morgan fingerprint density at radius 2 is 1.43 bits per heavy atom. The van der Waals surface area contributed by atoms with Crippen molar-refractivity contribution in [3.05, 3.63) is 66.0 Å². The number of hydrogen-bond acceptors (Lipinski definition) is 5. The first-order chi connectivity index (χ1) is 20.9. The van der Waals surface area contributed by atoms with Crippen LogP contribution in [0, 0.1) is 5.41 Å². The van der Waals surface area contributed by atoms with E-state index in [0.717, 1.165) is 5.56 Å². The van der Waals surface area contributed by atoms with Crippen LogP contribution in [0.5, 0.6) is 0 Å². The highest BCUT2D eigenvalue weighted by Crippen LogP contribution is 2.21. The number of pyridine rings is 1. The van der Waals surface area contributed by atoms with E-state index in [4.69, 9.17) is 0 Å². The molecule has 1 aromatic carbocycles. The van der Waals surface area contributed by atoms with E-state index in [1.54, 1.807) is 24.5 Å². The van der Waals surface area contributed by atoms with Gasteiger partial charge < -0.3 is 26.6 Å². The predicted molar refractivity (Wildman–Crippen MR) is 173 cm³/mol. The highest BCUT2D eigenvalue weighted by molar-refractivity contribution is 5.98. The lowest BCUT2D eigenvalue weighted by atomic mass is 9.87. The quantitative estimate of drug-likeness (QED) is 0.176. The smallest absolute Gasteiger partial charge is 0.252 e. The number of benzene rings is 1. The Bertz CT molecular complexity index is 1200. The van der Waals surface area contributed by atoms with Crippen molar-refractivity contribution in [2.75, 3.05) is 13.1 Å². The lowest BCUT2D eigenvalue weighted by molar-refractivity contribution is -0.671. The fraction of sp³-hybridized carbons (Fsp3) is 0.559. The average molecular weight is 610 g/mol. The number of carbonyl (C=O) groups is 4. The summed E-state index contributed by atoms with van der Waals surface area (Å²) in [7, 11) is 1.86. The Morgan fingerprint density at radius 3 is 2.00 bits per heavy atom. The Balaban J connectivity index is 2.21. The number of aryl methyl sites for hydroxylation is 1. The molecule has 1 heterocycles. The molecule has 0 saturated heterocycles. The van der Waals surface area contributed by atoms with Crippen LogP contribution in [0.1, 0.15) is 83.1 Å². The lowest BCUT2D eigenvalue weighted by Crippen LogP contribution is -2.57. The molecule has 0 radical (unpaired) electrons. The van der Waals surface area contributed by atoms with Crippen LogP contribution in [-0.2, 0) is 27.9 Å². The number of nitrogens with zero attached hydrogens (tertiary/aromatic N) is 1. The highest BCUT2D eigenvalue weighted by atomic mass is 16.2. The molecule has 0 unspecified atom stereocenters. The fourth-order valence-electron chi connectivity index (χ4n) is 4.92. The highest BCUT2D eigenvalue weighted by Gasteiger charge is 2.31. The molecule has 0 saturated carbocycles. The first kappa shape index (κ1) is 36.4. The molecule has 10 nitrogen and oxygen atoms in total. The van der Waals surface area contributed by atoms with Gasteiger partial charge in [0.2, 0.25) is 17.7 Å². The van der Waals surface area contributed by atoms with Gasteiger partial charge in [-0.2, -0.15) is 0 Å². The Labute approximate surface area is 263 Å². The van der Waals surface area contributed by atoms with E-state index in [1.165, 1.54) is 0 Å². The second kappa shape index (κ2) is 18.1. The monoisotopic (exact) mass is 609 g/mol. The van der Waals surface area contributed by atoms with Crippen LogP contribution in [0.3, 0.4) is 0 Å². The number of likely N-dealkylation sites (N-methyl/N-ethyl adjacent to an activating group) is 1. The summed E-state index contributed by atoms with van der Waals surface area (Å²) >= 11 is 0. The summed E-state index contributed by atoms with van der Waals surface area (Å²) in [5, 5.41) is 15.1. The van der Waals surface area contributed by atoms with Crippen LogP contribution >= 0.6 is 0 Å². The number of carbonyl (C=O) groups excluding carboxylic acids is 4. The summed E-state index contributed by atoms with van der Waals surface area (Å²) in [6.45, 7) is 12.7. The molecule has 0 fully saturated rings. The zero-order chi connectivity index (χ0) is 32.7. The molecule has 0 aliphatic heterocycles. The van der Waals surface area contributed by atoms with Crippen LogP contribution in [0.25, 0.3) is 0 Å². The molecule has 4 amide bonds. The van der Waals surface area contributed by atoms with Gasteiger partial charge in [-0.3, -0.25) is 19.2 Å². The summed E-state index contributed by atoms with van der Waals surface area (Å²) in [5.41, 5.74) is 1.24. The molecular formula is C34H53N6O4+. The molecule has 1 aromatic heterocycles. The Kier molecular flexibility index (Phi) is 15.0. The van der Waals surface area contributed by atoms with Crippen molar-refractivity contribution in [1.82, 2.24) is 26.6 Å². The topological polar surface area (TPSA) is 132 Å². The third-order valence-electron chi connectivity index (χ3n) is 7.25. The first-order valence-corrected chi connectivity index (χ1v) is 15.8. The van der Waals surface area contributed by atoms with Crippen molar-refractivity contribution in [2.45, 2.75) is 97.8 Å². The third-order valence-corrected chi connectivity index (χ3v) is 7.25. The Morgan fingerprint density at radius 1 is 0.795 bits per heavy atom. The van der Waals surface area contributed by atoms with Crippen molar-refractivity contribution in [3.63, 3.8) is 0 Å². The van der Waals surface area contributed by atoms with Gasteiger partial charge in [0, 0.05) is 31.3 Å². The van der Waals surface area contributed by atoms with Crippen molar-refractivity contribution in [3.8, 4) is 0 Å². The van der Waals surface area contributed by atoms with Crippen molar-refractivity contribution in [2.24, 2.45) is 12.5 Å². The van der Waals surface area contributed by atoms with Gasteiger partial charge >= 0.3 is 0 Å². The summed E-state index contributed by atoms with van der Waals surface area (Å²) in [6, 6.07) is 10.9. The van der Waals surface area contributed by atoms with Gasteiger partial charge in [-0.15, -0.1) is 0 Å². The molecule has 242 valence electrons. The van der Waals surface area contributed by atoms with E-state index in [1.807, 2.05) is 83.5 Å². The molecule has 10 heteroatoms. The van der Waals surface area contributed by atoms with Gasteiger partial charge in [0.1, 0.15) is 19.1 Å². The third kappa shape index (κ3) is 12.8. The molecule has 2 rings (SSSR count). The second-order valence-corrected chi connectivity index (χ2v) is 12.6. The van der Waals surface area contributed by atoms with E-state index in [9.17, 15) is 19.2 Å². The molecule has 5 N–H and O–H groups in total. The van der Waals surface area contributed by atoms with E-state index in [-0.39, 0.29) is 35.2 Å². The average Bonchev–Trinajstić information content (AvgIpc) is 2.97. The van der Waals surface area contributed by atoms with Crippen LogP contribution in [-0.4, -0.2) is 60.9 Å². The van der Waals surface area contributed by atoms with E-state index >= 15 is 0 Å². The predicted octanol–water partition coefficient (Wildman–Crippen LogP) is 2.56. The van der Waals surface area contributed by atoms with Crippen LogP contribution in [0.4, 0.5) is 0 Å². The maximum Gasteiger partial charge on any atom is 0.252 e. The van der Waals surface area contributed by atoms with Gasteiger partial charge in [0.15, 0.2) is 12.4 Å². The van der Waals surface area contributed by atoms with Crippen molar-refractivity contribution in [1.29, 1.82) is 0 Å². The van der Waals surface area contributed by atoms with Gasteiger partial charge in [-0.25, -0.2) is 4.57 Å². The summed E-state index contributed by atoms with van der Waals surface area (Å²) in [6.07, 6.45) is 6.20. The summed E-state index contributed by atoms with van der Waals surface area (Å²) in [4.78, 5) is 52.8. The van der Waals surface area contributed by atoms with Crippen molar-refractivity contribution >= 4 is 23.6 Å². The normalized spacial score (nSPS) is 14.1. The molecule has 0 aliphatic rings. The molecule has 0 spiro atoms. The lowest BCUT2D eigenvalue weighted by Gasteiger charge is -2.29. The molecule has 0 aliphatic carbocycles. The first-order valence-electron chi connectivity index (χ1n) is 15.8. The van der Waals surface area contributed by atoms with Gasteiger partial charge in [-0.1, -0.05) is 71.4 Å². The molecule has 0 bridgehead atoms. The molecular weight excluding hydrogens is 556 g/mol. The van der Waals surface area contributed by atoms with E-state index in [0.29, 0.717) is 50.8 Å². The van der Waals surface area contributed by atoms with Crippen LogP contribution < -0.4 is 31.2 Å². The Hall–Kier alpha value is -3.79. The van der Waals surface area contributed by atoms with Crippen LogP contribution in [0.2, 0.25) is 0 Å². The largest absolute Gasteiger partial charge is 0.355 e. The minimum Gasteiger partial charge on any atom is -0.355 e. The minimum absolute atomic E-state index is 0.0766. The number of nitrogens with one attached hydrogen (secondary N) is 5. The fourth-order valence-corrected chi connectivity index (χ4v) is 4.92. The van der Waals surface area contributed by atoms with Crippen LogP contribution in [0.15, 0.2) is 54.9 Å².